The van der Waals surface area contributed by atoms with Crippen molar-refractivity contribution in [1.29, 1.82) is 0 Å². The molecule has 1 aromatic rings. The third kappa shape index (κ3) is 4.83. The van der Waals surface area contributed by atoms with Crippen molar-refractivity contribution in [3.05, 3.63) is 34.3 Å². The van der Waals surface area contributed by atoms with Crippen LogP contribution in [-0.4, -0.2) is 50.2 Å². The summed E-state index contributed by atoms with van der Waals surface area (Å²) in [6.07, 6.45) is 3.99. The summed E-state index contributed by atoms with van der Waals surface area (Å²) in [7, 11) is -0.191. The quantitative estimate of drug-likeness (QED) is 0.694. The van der Waals surface area contributed by atoms with Gasteiger partial charge in [0.15, 0.2) is 0 Å². The molecule has 1 fully saturated rings. The zero-order chi connectivity index (χ0) is 19.6. The Morgan fingerprint density at radius 2 is 1.93 bits per heavy atom. The highest BCUT2D eigenvalue weighted by Crippen LogP contribution is 2.35. The van der Waals surface area contributed by atoms with Crippen molar-refractivity contribution in [2.75, 3.05) is 27.2 Å². The van der Waals surface area contributed by atoms with Crippen molar-refractivity contribution in [3.8, 4) is 0 Å². The number of ether oxygens (including phenoxy) is 1. The molecule has 0 amide bonds. The monoisotopic (exact) mass is 414 g/mol. The zero-order valence-corrected chi connectivity index (χ0v) is 17.4. The lowest BCUT2D eigenvalue weighted by Gasteiger charge is -2.33. The summed E-state index contributed by atoms with van der Waals surface area (Å²) >= 11 is 6.09. The SMILES string of the molecule is CN(C)S(=O)(=O)N1CCC(CCC2CC(=O)OCc3cc(Cl)ccc32)CC1. The van der Waals surface area contributed by atoms with E-state index >= 15 is 0 Å². The summed E-state index contributed by atoms with van der Waals surface area (Å²) in [5.74, 6) is 0.448. The van der Waals surface area contributed by atoms with E-state index in [-0.39, 0.29) is 18.5 Å². The molecular formula is C19H27ClN2O4S. The van der Waals surface area contributed by atoms with E-state index in [1.165, 1.54) is 4.31 Å². The predicted molar refractivity (Wildman–Crippen MR) is 105 cm³/mol. The Kier molecular flexibility index (Phi) is 6.46. The average Bonchev–Trinajstić information content (AvgIpc) is 2.78. The van der Waals surface area contributed by atoms with Gasteiger partial charge in [0.2, 0.25) is 0 Å². The van der Waals surface area contributed by atoms with Gasteiger partial charge in [-0.25, -0.2) is 0 Å². The first-order valence-corrected chi connectivity index (χ1v) is 11.2. The minimum Gasteiger partial charge on any atom is -0.461 e. The molecule has 0 saturated carbocycles. The van der Waals surface area contributed by atoms with Gasteiger partial charge in [0.25, 0.3) is 10.2 Å². The smallest absolute Gasteiger partial charge is 0.306 e. The summed E-state index contributed by atoms with van der Waals surface area (Å²) in [5.41, 5.74) is 2.14. The molecule has 8 heteroatoms. The molecule has 6 nitrogen and oxygen atoms in total. The van der Waals surface area contributed by atoms with Gasteiger partial charge in [-0.1, -0.05) is 17.7 Å². The number of carbonyl (C=O) groups is 1. The van der Waals surface area contributed by atoms with Gasteiger partial charge in [-0.2, -0.15) is 17.0 Å². The number of carbonyl (C=O) groups excluding carboxylic acids is 1. The van der Waals surface area contributed by atoms with Crippen molar-refractivity contribution in [3.63, 3.8) is 0 Å². The van der Waals surface area contributed by atoms with Gasteiger partial charge in [0.05, 0.1) is 6.42 Å². The van der Waals surface area contributed by atoms with Gasteiger partial charge in [0.1, 0.15) is 6.61 Å². The first kappa shape index (κ1) is 20.6. The lowest BCUT2D eigenvalue weighted by Crippen LogP contribution is -2.44. The van der Waals surface area contributed by atoms with Crippen LogP contribution in [0.1, 0.15) is 49.1 Å². The molecule has 27 heavy (non-hydrogen) atoms. The van der Waals surface area contributed by atoms with Crippen LogP contribution in [-0.2, 0) is 26.3 Å². The molecule has 0 aromatic heterocycles. The third-order valence-electron chi connectivity index (χ3n) is 5.63. The van der Waals surface area contributed by atoms with Crippen LogP contribution in [0.15, 0.2) is 18.2 Å². The Labute approximate surface area is 166 Å². The van der Waals surface area contributed by atoms with Gasteiger partial charge in [-0.3, -0.25) is 4.79 Å². The highest BCUT2D eigenvalue weighted by molar-refractivity contribution is 7.86. The molecule has 150 valence electrons. The van der Waals surface area contributed by atoms with Crippen LogP contribution in [0.4, 0.5) is 0 Å². The van der Waals surface area contributed by atoms with Crippen molar-refractivity contribution in [1.82, 2.24) is 8.61 Å². The molecule has 1 unspecified atom stereocenters. The highest BCUT2D eigenvalue weighted by atomic mass is 35.5. The summed E-state index contributed by atoms with van der Waals surface area (Å²) in [6, 6.07) is 5.76. The summed E-state index contributed by atoms with van der Waals surface area (Å²) < 4.78 is 32.6. The third-order valence-corrected chi connectivity index (χ3v) is 7.81. The number of esters is 1. The molecule has 0 radical (unpaired) electrons. The number of nitrogens with zero attached hydrogens (tertiary/aromatic N) is 2. The van der Waals surface area contributed by atoms with E-state index in [1.54, 1.807) is 18.4 Å². The predicted octanol–water partition coefficient (Wildman–Crippen LogP) is 3.17. The second-order valence-electron chi connectivity index (χ2n) is 7.61. The molecular weight excluding hydrogens is 388 g/mol. The number of hydrogen-bond acceptors (Lipinski definition) is 4. The van der Waals surface area contributed by atoms with E-state index in [9.17, 15) is 13.2 Å². The maximum absolute atomic E-state index is 12.2. The van der Waals surface area contributed by atoms with Crippen molar-refractivity contribution < 1.29 is 17.9 Å². The lowest BCUT2D eigenvalue weighted by molar-refractivity contribution is -0.144. The Balaban J connectivity index is 1.60. The van der Waals surface area contributed by atoms with E-state index in [2.05, 4.69) is 0 Å². The van der Waals surface area contributed by atoms with Crippen molar-refractivity contribution >= 4 is 27.8 Å². The van der Waals surface area contributed by atoms with Crippen LogP contribution < -0.4 is 0 Å². The standard InChI is InChI=1S/C19H27ClN2O4S/c1-21(2)27(24,25)22-9-7-14(8-10-22)3-4-15-12-19(23)26-13-16-11-17(20)5-6-18(15)16/h5-6,11,14-15H,3-4,7-10,12-13H2,1-2H3. The van der Waals surface area contributed by atoms with E-state index in [4.69, 9.17) is 16.3 Å². The van der Waals surface area contributed by atoms with Crippen LogP contribution in [0.2, 0.25) is 5.02 Å². The number of cyclic esters (lactones) is 1. The number of piperidine rings is 1. The van der Waals surface area contributed by atoms with Gasteiger partial charge >= 0.3 is 5.97 Å². The Morgan fingerprint density at radius 3 is 2.59 bits per heavy atom. The Bertz CT molecular complexity index is 789. The number of halogens is 1. The average molecular weight is 415 g/mol. The topological polar surface area (TPSA) is 66.9 Å². The molecule has 3 rings (SSSR count). The number of hydrogen-bond donors (Lipinski definition) is 0. The first-order valence-electron chi connectivity index (χ1n) is 9.39. The fourth-order valence-electron chi connectivity index (χ4n) is 3.98. The summed E-state index contributed by atoms with van der Waals surface area (Å²) in [6.45, 7) is 1.40. The van der Waals surface area contributed by atoms with E-state index in [0.29, 0.717) is 30.5 Å². The van der Waals surface area contributed by atoms with Crippen LogP contribution in [0.3, 0.4) is 0 Å². The molecule has 2 aliphatic heterocycles. The Hall–Kier alpha value is -1.15. The number of rotatable bonds is 5. The van der Waals surface area contributed by atoms with Gasteiger partial charge in [-0.05, 0) is 60.8 Å². The van der Waals surface area contributed by atoms with Gasteiger partial charge in [0, 0.05) is 32.2 Å². The van der Waals surface area contributed by atoms with Crippen LogP contribution >= 0.6 is 11.6 Å². The second-order valence-corrected chi connectivity index (χ2v) is 10.2. The molecule has 2 heterocycles. The fraction of sp³-hybridized carbons (Fsp3) is 0.632. The Morgan fingerprint density at radius 1 is 1.22 bits per heavy atom. The molecule has 0 bridgehead atoms. The molecule has 0 spiro atoms. The number of fused-ring (bicyclic) bond motifs is 1. The lowest BCUT2D eigenvalue weighted by atomic mass is 9.84. The van der Waals surface area contributed by atoms with E-state index < -0.39 is 10.2 Å². The maximum atomic E-state index is 12.2. The van der Waals surface area contributed by atoms with Gasteiger partial charge in [-0.15, -0.1) is 0 Å². The van der Waals surface area contributed by atoms with Crippen LogP contribution in [0.5, 0.6) is 0 Å². The van der Waals surface area contributed by atoms with Crippen LogP contribution in [0.25, 0.3) is 0 Å². The summed E-state index contributed by atoms with van der Waals surface area (Å²) in [4.78, 5) is 12.0. The second kappa shape index (κ2) is 8.47. The van der Waals surface area contributed by atoms with Crippen molar-refractivity contribution in [2.24, 2.45) is 5.92 Å². The largest absolute Gasteiger partial charge is 0.461 e. The minimum atomic E-state index is -3.32. The van der Waals surface area contributed by atoms with Crippen molar-refractivity contribution in [2.45, 2.75) is 44.6 Å². The summed E-state index contributed by atoms with van der Waals surface area (Å²) in [5, 5.41) is 0.653. The highest BCUT2D eigenvalue weighted by Gasteiger charge is 2.30. The van der Waals surface area contributed by atoms with Gasteiger partial charge < -0.3 is 4.74 Å². The first-order chi connectivity index (χ1) is 12.8. The minimum absolute atomic E-state index is 0.135. The van der Waals surface area contributed by atoms with E-state index in [0.717, 1.165) is 36.8 Å². The number of benzene rings is 1. The zero-order valence-electron chi connectivity index (χ0n) is 15.9. The fourth-order valence-corrected chi connectivity index (χ4v) is 5.31. The molecule has 1 saturated heterocycles. The molecule has 0 N–H and O–H groups in total. The maximum Gasteiger partial charge on any atom is 0.306 e. The molecule has 0 aliphatic carbocycles. The molecule has 1 aromatic carbocycles. The molecule has 2 aliphatic rings. The van der Waals surface area contributed by atoms with Crippen LogP contribution in [0, 0.1) is 5.92 Å². The normalized spacial score (nSPS) is 22.4. The molecule has 1 atom stereocenters. The van der Waals surface area contributed by atoms with E-state index in [1.807, 2.05) is 18.2 Å².